The smallest absolute Gasteiger partial charge is 0.124 e. The van der Waals surface area contributed by atoms with E-state index in [-0.39, 0.29) is 11.9 Å². The maximum atomic E-state index is 13.1. The van der Waals surface area contributed by atoms with Crippen molar-refractivity contribution in [3.8, 4) is 0 Å². The normalized spacial score (nSPS) is 22.2. The third-order valence-electron chi connectivity index (χ3n) is 2.64. The largest absolute Gasteiger partial charge is 0.326 e. The number of nitrogens with two attached hydrogens (primary N) is 1. The molecule has 2 N–H and O–H groups in total. The highest BCUT2D eigenvalue weighted by Gasteiger charge is 2.18. The molecule has 4 heteroatoms. The van der Waals surface area contributed by atoms with Gasteiger partial charge in [0.25, 0.3) is 0 Å². The molecule has 1 aromatic carbocycles. The zero-order valence-corrected chi connectivity index (χ0v) is 10.0. The summed E-state index contributed by atoms with van der Waals surface area (Å²) < 4.78 is 13.9. The van der Waals surface area contributed by atoms with Crippen molar-refractivity contribution in [1.82, 2.24) is 4.90 Å². The first kappa shape index (κ1) is 11.0. The fourth-order valence-corrected chi connectivity index (χ4v) is 2.48. The molecule has 1 aliphatic rings. The molecular formula is C11H14BrFN2. The van der Waals surface area contributed by atoms with Crippen LogP contribution >= 0.6 is 15.9 Å². The quantitative estimate of drug-likeness (QED) is 0.894. The minimum absolute atomic E-state index is 0.192. The Hall–Kier alpha value is -0.450. The highest BCUT2D eigenvalue weighted by molar-refractivity contribution is 9.10. The Morgan fingerprint density at radius 2 is 2.27 bits per heavy atom. The lowest BCUT2D eigenvalue weighted by atomic mass is 10.2. The number of benzene rings is 1. The molecule has 0 unspecified atom stereocenters. The van der Waals surface area contributed by atoms with E-state index in [0.29, 0.717) is 0 Å². The highest BCUT2D eigenvalue weighted by Crippen LogP contribution is 2.18. The van der Waals surface area contributed by atoms with Gasteiger partial charge in [-0.25, -0.2) is 4.39 Å². The first-order valence-electron chi connectivity index (χ1n) is 5.06. The fraction of sp³-hybridized carbons (Fsp3) is 0.455. The van der Waals surface area contributed by atoms with E-state index in [0.717, 1.165) is 36.1 Å². The molecule has 82 valence electrons. The maximum absolute atomic E-state index is 13.1. The van der Waals surface area contributed by atoms with Crippen molar-refractivity contribution in [3.63, 3.8) is 0 Å². The van der Waals surface area contributed by atoms with Crippen LogP contribution in [0.15, 0.2) is 22.7 Å². The van der Waals surface area contributed by atoms with Gasteiger partial charge in [-0.15, -0.1) is 0 Å². The topological polar surface area (TPSA) is 29.3 Å². The van der Waals surface area contributed by atoms with Gasteiger partial charge in [-0.2, -0.15) is 0 Å². The van der Waals surface area contributed by atoms with Crippen molar-refractivity contribution in [3.05, 3.63) is 34.1 Å². The third kappa shape index (κ3) is 3.00. The van der Waals surface area contributed by atoms with Gasteiger partial charge in [0.1, 0.15) is 5.82 Å². The standard InChI is InChI=1S/C11H14BrFN2/c12-9-3-8(4-10(13)5-9)6-15-2-1-11(14)7-15/h3-5,11H,1-2,6-7,14H2/t11-/m1/s1. The Bertz CT molecular complexity index is 336. The van der Waals surface area contributed by atoms with Gasteiger partial charge in [-0.05, 0) is 30.2 Å². The summed E-state index contributed by atoms with van der Waals surface area (Å²) in [6.45, 7) is 2.70. The first-order valence-corrected chi connectivity index (χ1v) is 5.86. The van der Waals surface area contributed by atoms with E-state index in [9.17, 15) is 4.39 Å². The Labute approximate surface area is 97.4 Å². The molecule has 0 saturated carbocycles. The number of likely N-dealkylation sites (tertiary alicyclic amines) is 1. The summed E-state index contributed by atoms with van der Waals surface area (Å²) >= 11 is 3.29. The Morgan fingerprint density at radius 1 is 1.47 bits per heavy atom. The van der Waals surface area contributed by atoms with Gasteiger partial charge >= 0.3 is 0 Å². The van der Waals surface area contributed by atoms with Gasteiger partial charge in [0.2, 0.25) is 0 Å². The maximum Gasteiger partial charge on any atom is 0.124 e. The molecule has 0 bridgehead atoms. The van der Waals surface area contributed by atoms with E-state index in [1.54, 1.807) is 6.07 Å². The van der Waals surface area contributed by atoms with Crippen LogP contribution in [-0.4, -0.2) is 24.0 Å². The first-order chi connectivity index (χ1) is 7.13. The Morgan fingerprint density at radius 3 is 2.87 bits per heavy atom. The molecule has 0 aromatic heterocycles. The molecule has 2 nitrogen and oxygen atoms in total. The molecular weight excluding hydrogens is 259 g/mol. The minimum atomic E-state index is -0.192. The van der Waals surface area contributed by atoms with E-state index in [2.05, 4.69) is 20.8 Å². The predicted molar refractivity (Wildman–Crippen MR) is 62.0 cm³/mol. The Kier molecular flexibility index (Phi) is 3.38. The molecule has 0 spiro atoms. The summed E-state index contributed by atoms with van der Waals surface area (Å²) in [5, 5.41) is 0. The second kappa shape index (κ2) is 4.60. The van der Waals surface area contributed by atoms with Crippen molar-refractivity contribution in [2.75, 3.05) is 13.1 Å². The van der Waals surface area contributed by atoms with E-state index in [4.69, 9.17) is 5.73 Å². The van der Waals surface area contributed by atoms with Crippen LogP contribution < -0.4 is 5.73 Å². The van der Waals surface area contributed by atoms with Crippen LogP contribution in [0.4, 0.5) is 4.39 Å². The molecule has 1 fully saturated rings. The van der Waals surface area contributed by atoms with Crippen molar-refractivity contribution in [2.45, 2.75) is 19.0 Å². The van der Waals surface area contributed by atoms with Crippen LogP contribution in [0.5, 0.6) is 0 Å². The zero-order valence-electron chi connectivity index (χ0n) is 8.42. The van der Waals surface area contributed by atoms with Gasteiger partial charge in [0.15, 0.2) is 0 Å². The fourth-order valence-electron chi connectivity index (χ4n) is 1.97. The summed E-state index contributed by atoms with van der Waals surface area (Å²) in [7, 11) is 0. The van der Waals surface area contributed by atoms with Crippen molar-refractivity contribution in [2.24, 2.45) is 5.73 Å². The SMILES string of the molecule is N[C@@H]1CCN(Cc2cc(F)cc(Br)c2)C1. The molecule has 1 atom stereocenters. The third-order valence-corrected chi connectivity index (χ3v) is 3.10. The second-order valence-electron chi connectivity index (χ2n) is 4.06. The molecule has 1 heterocycles. The predicted octanol–water partition coefficient (Wildman–Crippen LogP) is 2.12. The summed E-state index contributed by atoms with van der Waals surface area (Å²) in [6, 6.07) is 5.28. The number of halogens is 2. The van der Waals surface area contributed by atoms with E-state index >= 15 is 0 Å². The molecule has 0 radical (unpaired) electrons. The monoisotopic (exact) mass is 272 g/mol. The highest BCUT2D eigenvalue weighted by atomic mass is 79.9. The zero-order chi connectivity index (χ0) is 10.8. The van der Waals surface area contributed by atoms with Crippen LogP contribution in [-0.2, 0) is 6.54 Å². The number of hydrogen-bond acceptors (Lipinski definition) is 2. The molecule has 0 amide bonds. The average Bonchev–Trinajstić information content (AvgIpc) is 2.49. The number of hydrogen-bond donors (Lipinski definition) is 1. The summed E-state index contributed by atoms with van der Waals surface area (Å²) in [6.07, 6.45) is 1.04. The van der Waals surface area contributed by atoms with Crippen LogP contribution in [0.25, 0.3) is 0 Å². The van der Waals surface area contributed by atoms with E-state index in [1.165, 1.54) is 6.07 Å². The minimum Gasteiger partial charge on any atom is -0.326 e. The van der Waals surface area contributed by atoms with Crippen LogP contribution in [0.2, 0.25) is 0 Å². The second-order valence-corrected chi connectivity index (χ2v) is 4.98. The van der Waals surface area contributed by atoms with Gasteiger partial charge < -0.3 is 5.73 Å². The van der Waals surface area contributed by atoms with E-state index in [1.807, 2.05) is 6.07 Å². The average molecular weight is 273 g/mol. The number of nitrogens with zero attached hydrogens (tertiary/aromatic N) is 1. The summed E-state index contributed by atoms with van der Waals surface area (Å²) in [5.41, 5.74) is 6.81. The van der Waals surface area contributed by atoms with Crippen LogP contribution in [0, 0.1) is 5.82 Å². The van der Waals surface area contributed by atoms with Gasteiger partial charge in [0.05, 0.1) is 0 Å². The Balaban J connectivity index is 2.04. The summed E-state index contributed by atoms with van der Waals surface area (Å²) in [4.78, 5) is 2.26. The molecule has 0 aliphatic carbocycles. The summed E-state index contributed by atoms with van der Waals surface area (Å²) in [5.74, 6) is -0.192. The molecule has 1 saturated heterocycles. The van der Waals surface area contributed by atoms with E-state index < -0.39 is 0 Å². The molecule has 1 aliphatic heterocycles. The van der Waals surface area contributed by atoms with Gasteiger partial charge in [0, 0.05) is 30.1 Å². The lowest BCUT2D eigenvalue weighted by Crippen LogP contribution is -2.26. The molecule has 2 rings (SSSR count). The number of rotatable bonds is 2. The lowest BCUT2D eigenvalue weighted by molar-refractivity contribution is 0.326. The van der Waals surface area contributed by atoms with Gasteiger partial charge in [-0.1, -0.05) is 15.9 Å². The van der Waals surface area contributed by atoms with Gasteiger partial charge in [-0.3, -0.25) is 4.90 Å². The van der Waals surface area contributed by atoms with Crippen molar-refractivity contribution in [1.29, 1.82) is 0 Å². The van der Waals surface area contributed by atoms with Crippen LogP contribution in [0.3, 0.4) is 0 Å². The van der Waals surface area contributed by atoms with Crippen molar-refractivity contribution >= 4 is 15.9 Å². The van der Waals surface area contributed by atoms with Crippen LogP contribution in [0.1, 0.15) is 12.0 Å². The van der Waals surface area contributed by atoms with Crippen molar-refractivity contribution < 1.29 is 4.39 Å². The molecule has 15 heavy (non-hydrogen) atoms. The lowest BCUT2D eigenvalue weighted by Gasteiger charge is -2.15. The molecule has 1 aromatic rings.